The molecule has 0 spiro atoms. The van der Waals surface area contributed by atoms with Crippen LogP contribution in [0.25, 0.3) is 0 Å². The SMILES string of the molecule is CC(C)(C)NC(CC(=O)c1cccnc1)c1ccncc1.COc1cc(C(Nc2cc(C)ccn2)C(C)(C)C)cc(OC)c1OC. The molecule has 246 valence electrons. The quantitative estimate of drug-likeness (QED) is 0.161. The fourth-order valence-electron chi connectivity index (χ4n) is 5.03. The first kappa shape index (κ1) is 36.0. The van der Waals surface area contributed by atoms with Crippen molar-refractivity contribution in [3.05, 3.63) is 102 Å². The highest BCUT2D eigenvalue weighted by Gasteiger charge is 2.29. The maximum Gasteiger partial charge on any atom is 0.203 e. The van der Waals surface area contributed by atoms with E-state index in [0.29, 0.717) is 29.2 Å². The molecule has 4 aromatic rings. The van der Waals surface area contributed by atoms with Crippen LogP contribution in [0.15, 0.2) is 79.5 Å². The molecule has 3 heterocycles. The lowest BCUT2D eigenvalue weighted by Gasteiger charge is -2.33. The minimum Gasteiger partial charge on any atom is -0.493 e. The first-order valence-electron chi connectivity index (χ1n) is 15.4. The highest BCUT2D eigenvalue weighted by molar-refractivity contribution is 5.96. The van der Waals surface area contributed by atoms with Crippen molar-refractivity contribution >= 4 is 11.6 Å². The summed E-state index contributed by atoms with van der Waals surface area (Å²) in [6.45, 7) is 14.9. The Morgan fingerprint density at radius 3 is 1.96 bits per heavy atom. The molecule has 2 atom stereocenters. The third-order valence-corrected chi connectivity index (χ3v) is 7.18. The van der Waals surface area contributed by atoms with Crippen LogP contribution in [0, 0.1) is 12.3 Å². The molecule has 0 saturated heterocycles. The van der Waals surface area contributed by atoms with E-state index in [-0.39, 0.29) is 28.8 Å². The van der Waals surface area contributed by atoms with Crippen LogP contribution in [0.5, 0.6) is 17.2 Å². The van der Waals surface area contributed by atoms with Crippen LogP contribution in [0.3, 0.4) is 0 Å². The number of Topliss-reactive ketones (excluding diaryl/α,β-unsaturated/α-hetero) is 1. The Hall–Kier alpha value is -4.50. The number of anilines is 1. The molecule has 0 bridgehead atoms. The smallest absolute Gasteiger partial charge is 0.203 e. The highest BCUT2D eigenvalue weighted by Crippen LogP contribution is 2.44. The van der Waals surface area contributed by atoms with E-state index in [0.717, 1.165) is 22.5 Å². The number of nitrogens with one attached hydrogen (secondary N) is 2. The largest absolute Gasteiger partial charge is 0.493 e. The van der Waals surface area contributed by atoms with Gasteiger partial charge in [0.25, 0.3) is 0 Å². The van der Waals surface area contributed by atoms with Crippen molar-refractivity contribution in [1.82, 2.24) is 20.3 Å². The Kier molecular flexibility index (Phi) is 12.7. The number of benzene rings is 1. The molecule has 0 aliphatic carbocycles. The molecule has 1 aromatic carbocycles. The third-order valence-electron chi connectivity index (χ3n) is 7.18. The minimum absolute atomic E-state index is 0.00973. The summed E-state index contributed by atoms with van der Waals surface area (Å²) in [5, 5.41) is 7.06. The van der Waals surface area contributed by atoms with Crippen LogP contribution >= 0.6 is 0 Å². The summed E-state index contributed by atoms with van der Waals surface area (Å²) >= 11 is 0. The average Bonchev–Trinajstić information content (AvgIpc) is 3.02. The molecule has 4 rings (SSSR count). The summed E-state index contributed by atoms with van der Waals surface area (Å²) in [5.41, 5.74) is 3.78. The molecule has 0 aliphatic rings. The van der Waals surface area contributed by atoms with E-state index in [1.165, 1.54) is 0 Å². The number of methoxy groups -OCH3 is 3. The summed E-state index contributed by atoms with van der Waals surface area (Å²) in [6, 6.07) is 15.4. The topological polar surface area (TPSA) is 107 Å². The van der Waals surface area contributed by atoms with Gasteiger partial charge in [0.1, 0.15) is 5.82 Å². The molecular weight excluding hydrogens is 578 g/mol. The zero-order valence-corrected chi connectivity index (χ0v) is 28.8. The van der Waals surface area contributed by atoms with Crippen LogP contribution in [-0.4, -0.2) is 47.6 Å². The van der Waals surface area contributed by atoms with Crippen LogP contribution in [0.4, 0.5) is 5.82 Å². The number of pyridine rings is 3. The van der Waals surface area contributed by atoms with Gasteiger partial charge in [0.05, 0.1) is 27.4 Å². The van der Waals surface area contributed by atoms with Gasteiger partial charge in [-0.05, 0) is 98.3 Å². The molecule has 2 N–H and O–H groups in total. The molecule has 9 heteroatoms. The molecule has 0 fully saturated rings. The minimum atomic E-state index is -0.0802. The fourth-order valence-corrected chi connectivity index (χ4v) is 5.03. The lowest BCUT2D eigenvalue weighted by molar-refractivity contribution is 0.0963. The van der Waals surface area contributed by atoms with Gasteiger partial charge in [-0.3, -0.25) is 14.8 Å². The predicted octanol–water partition coefficient (Wildman–Crippen LogP) is 7.79. The van der Waals surface area contributed by atoms with Crippen molar-refractivity contribution in [2.75, 3.05) is 26.6 Å². The Labute approximate surface area is 274 Å². The second-order valence-corrected chi connectivity index (χ2v) is 13.2. The zero-order valence-electron chi connectivity index (χ0n) is 28.8. The Balaban J connectivity index is 0.000000254. The van der Waals surface area contributed by atoms with E-state index < -0.39 is 0 Å². The van der Waals surface area contributed by atoms with E-state index in [4.69, 9.17) is 14.2 Å². The number of hydrogen-bond acceptors (Lipinski definition) is 9. The predicted molar refractivity (Wildman–Crippen MR) is 184 cm³/mol. The molecule has 2 unspecified atom stereocenters. The number of aryl methyl sites for hydroxylation is 1. The Morgan fingerprint density at radius 1 is 0.804 bits per heavy atom. The molecule has 0 aliphatic heterocycles. The number of ketones is 1. The van der Waals surface area contributed by atoms with E-state index in [2.05, 4.69) is 74.1 Å². The average molecular weight is 628 g/mol. The number of rotatable bonds is 11. The van der Waals surface area contributed by atoms with Crippen LogP contribution in [0.1, 0.15) is 87.1 Å². The van der Waals surface area contributed by atoms with E-state index in [9.17, 15) is 4.79 Å². The zero-order chi connectivity index (χ0) is 33.9. The van der Waals surface area contributed by atoms with Gasteiger partial charge in [0.2, 0.25) is 5.75 Å². The van der Waals surface area contributed by atoms with Crippen molar-refractivity contribution in [3.8, 4) is 17.2 Å². The van der Waals surface area contributed by atoms with Gasteiger partial charge in [-0.1, -0.05) is 20.8 Å². The molecule has 0 saturated carbocycles. The number of ether oxygens (including phenoxy) is 3. The number of aromatic nitrogens is 3. The molecule has 9 nitrogen and oxygen atoms in total. The summed E-state index contributed by atoms with van der Waals surface area (Å²) in [4.78, 5) is 24.9. The monoisotopic (exact) mass is 627 g/mol. The van der Waals surface area contributed by atoms with E-state index >= 15 is 0 Å². The van der Waals surface area contributed by atoms with Crippen molar-refractivity contribution in [2.24, 2.45) is 5.41 Å². The first-order chi connectivity index (χ1) is 21.7. The molecule has 46 heavy (non-hydrogen) atoms. The lowest BCUT2D eigenvalue weighted by atomic mass is 9.82. The van der Waals surface area contributed by atoms with Crippen molar-refractivity contribution in [3.63, 3.8) is 0 Å². The van der Waals surface area contributed by atoms with Gasteiger partial charge >= 0.3 is 0 Å². The van der Waals surface area contributed by atoms with E-state index in [1.807, 2.05) is 42.6 Å². The highest BCUT2D eigenvalue weighted by atomic mass is 16.5. The number of carbonyl (C=O) groups excluding carboxylic acids is 1. The van der Waals surface area contributed by atoms with Gasteiger partial charge in [0, 0.05) is 54.5 Å². The van der Waals surface area contributed by atoms with Crippen molar-refractivity contribution < 1.29 is 19.0 Å². The van der Waals surface area contributed by atoms with Crippen LogP contribution < -0.4 is 24.8 Å². The van der Waals surface area contributed by atoms with Crippen LogP contribution in [-0.2, 0) is 0 Å². The first-order valence-corrected chi connectivity index (χ1v) is 15.4. The van der Waals surface area contributed by atoms with Crippen molar-refractivity contribution in [2.45, 2.75) is 72.5 Å². The van der Waals surface area contributed by atoms with Crippen molar-refractivity contribution in [1.29, 1.82) is 0 Å². The van der Waals surface area contributed by atoms with Gasteiger partial charge < -0.3 is 24.8 Å². The maximum atomic E-state index is 12.4. The van der Waals surface area contributed by atoms with E-state index in [1.54, 1.807) is 58.2 Å². The molecule has 3 aromatic heterocycles. The number of hydrogen-bond donors (Lipinski definition) is 2. The molecular formula is C37H49N5O4. The summed E-state index contributed by atoms with van der Waals surface area (Å²) < 4.78 is 16.4. The lowest BCUT2D eigenvalue weighted by Crippen LogP contribution is -2.39. The summed E-state index contributed by atoms with van der Waals surface area (Å²) in [5.74, 6) is 2.81. The Bertz CT molecular complexity index is 1510. The van der Waals surface area contributed by atoms with Crippen LogP contribution in [0.2, 0.25) is 0 Å². The van der Waals surface area contributed by atoms with Gasteiger partial charge in [-0.15, -0.1) is 0 Å². The van der Waals surface area contributed by atoms with Gasteiger partial charge in [-0.25, -0.2) is 4.98 Å². The summed E-state index contributed by atoms with van der Waals surface area (Å²) in [7, 11) is 4.86. The molecule has 0 radical (unpaired) electrons. The maximum absolute atomic E-state index is 12.4. The number of carbonyl (C=O) groups is 1. The number of nitrogens with zero attached hydrogens (tertiary/aromatic N) is 3. The third kappa shape index (κ3) is 10.5. The Morgan fingerprint density at radius 2 is 1.46 bits per heavy atom. The van der Waals surface area contributed by atoms with Gasteiger partial charge in [0.15, 0.2) is 17.3 Å². The summed E-state index contributed by atoms with van der Waals surface area (Å²) in [6.07, 6.45) is 9.00. The second kappa shape index (κ2) is 16.2. The normalized spacial score (nSPS) is 12.7. The van der Waals surface area contributed by atoms with Gasteiger partial charge in [-0.2, -0.15) is 0 Å². The fraction of sp³-hybridized carbons (Fsp3) is 0.405. The second-order valence-electron chi connectivity index (χ2n) is 13.2. The standard InChI is InChI=1S/C20H28N2O3.C17H21N3O/c1-13-8-9-21-17(10-13)22-19(20(2,3)4)14-11-15(23-5)18(25-7)16(12-14)24-6;1-17(2,3)20-15(13-6-9-18-10-7-13)11-16(21)14-5-4-8-19-12-14/h8-12,19H,1-7H3,(H,21,22);4-10,12,15,20H,11H2,1-3H3. The molecule has 0 amide bonds.